The molecule has 0 aromatic heterocycles. The van der Waals surface area contributed by atoms with Gasteiger partial charge in [0.15, 0.2) is 0 Å². The number of aliphatic carboxylic acids is 1. The fourth-order valence-corrected chi connectivity index (χ4v) is 1.93. The van der Waals surface area contributed by atoms with Crippen molar-refractivity contribution < 1.29 is 18.3 Å². The summed E-state index contributed by atoms with van der Waals surface area (Å²) >= 11 is 0. The smallest absolute Gasteiger partial charge is 0.313 e. The molecule has 0 amide bonds. The van der Waals surface area contributed by atoms with Gasteiger partial charge in [-0.1, -0.05) is 12.1 Å². The van der Waals surface area contributed by atoms with Crippen LogP contribution in [0.25, 0.3) is 0 Å². The lowest BCUT2D eigenvalue weighted by molar-refractivity contribution is -0.142. The first-order chi connectivity index (χ1) is 7.15. The van der Waals surface area contributed by atoms with E-state index in [-0.39, 0.29) is 4.90 Å². The predicted molar refractivity (Wildman–Crippen MR) is 60.1 cm³/mol. The Labute approximate surface area is 98.3 Å². The minimum Gasteiger partial charge on any atom is -0.481 e. The number of carbonyl (C=O) groups is 1. The van der Waals surface area contributed by atoms with E-state index in [1.54, 1.807) is 13.8 Å². The van der Waals surface area contributed by atoms with Crippen LogP contribution in [0.15, 0.2) is 29.2 Å². The second-order valence-electron chi connectivity index (χ2n) is 3.89. The van der Waals surface area contributed by atoms with Crippen LogP contribution >= 0.6 is 10.7 Å². The van der Waals surface area contributed by atoms with Gasteiger partial charge in [0, 0.05) is 10.7 Å². The van der Waals surface area contributed by atoms with Gasteiger partial charge in [0.05, 0.1) is 10.3 Å². The number of rotatable bonds is 3. The van der Waals surface area contributed by atoms with Gasteiger partial charge in [-0.3, -0.25) is 4.79 Å². The fraction of sp³-hybridized carbons (Fsp3) is 0.300. The molecule has 0 radical (unpaired) electrons. The molecule has 0 spiro atoms. The molecule has 1 N–H and O–H groups in total. The molecule has 16 heavy (non-hydrogen) atoms. The zero-order valence-corrected chi connectivity index (χ0v) is 10.3. The molecule has 1 aromatic carbocycles. The van der Waals surface area contributed by atoms with Crippen molar-refractivity contribution in [3.63, 3.8) is 0 Å². The molecule has 4 nitrogen and oxygen atoms in total. The molecule has 1 aromatic rings. The van der Waals surface area contributed by atoms with Gasteiger partial charge < -0.3 is 5.11 Å². The van der Waals surface area contributed by atoms with E-state index in [2.05, 4.69) is 0 Å². The van der Waals surface area contributed by atoms with Gasteiger partial charge >= 0.3 is 5.97 Å². The number of hydrogen-bond donors (Lipinski definition) is 1. The maximum atomic E-state index is 11.0. The quantitative estimate of drug-likeness (QED) is 0.846. The van der Waals surface area contributed by atoms with Crippen LogP contribution in [0.3, 0.4) is 0 Å². The molecule has 0 atom stereocenters. The summed E-state index contributed by atoms with van der Waals surface area (Å²) in [4.78, 5) is 10.9. The Morgan fingerprint density at radius 1 is 1.25 bits per heavy atom. The summed E-state index contributed by atoms with van der Waals surface area (Å²) < 4.78 is 22.0. The number of benzene rings is 1. The van der Waals surface area contributed by atoms with Crippen molar-refractivity contribution in [2.45, 2.75) is 24.2 Å². The third-order valence-corrected chi connectivity index (χ3v) is 3.76. The highest BCUT2D eigenvalue weighted by molar-refractivity contribution is 8.13. The molecule has 1 rings (SSSR count). The van der Waals surface area contributed by atoms with Crippen molar-refractivity contribution in [1.82, 2.24) is 0 Å². The average Bonchev–Trinajstić information content (AvgIpc) is 2.16. The molecule has 6 heteroatoms. The lowest BCUT2D eigenvalue weighted by Gasteiger charge is -2.19. The van der Waals surface area contributed by atoms with Crippen LogP contribution in [0.5, 0.6) is 0 Å². The van der Waals surface area contributed by atoms with Gasteiger partial charge in [0.2, 0.25) is 0 Å². The van der Waals surface area contributed by atoms with Crippen molar-refractivity contribution in [3.05, 3.63) is 29.8 Å². The molecule has 0 bridgehead atoms. The SMILES string of the molecule is CC(C)(C(=O)O)c1ccc(S(=O)(=O)Cl)cc1. The Kier molecular flexibility index (Phi) is 3.30. The highest BCUT2D eigenvalue weighted by Crippen LogP contribution is 2.25. The van der Waals surface area contributed by atoms with Crippen molar-refractivity contribution in [1.29, 1.82) is 0 Å². The van der Waals surface area contributed by atoms with Crippen LogP contribution < -0.4 is 0 Å². The molecule has 0 fully saturated rings. The molecule has 0 saturated heterocycles. The van der Waals surface area contributed by atoms with E-state index in [0.29, 0.717) is 5.56 Å². The van der Waals surface area contributed by atoms with Crippen LogP contribution in [-0.4, -0.2) is 19.5 Å². The summed E-state index contributed by atoms with van der Waals surface area (Å²) in [5.74, 6) is -0.978. The van der Waals surface area contributed by atoms with Crippen molar-refractivity contribution in [2.75, 3.05) is 0 Å². The van der Waals surface area contributed by atoms with Gasteiger partial charge in [-0.2, -0.15) is 0 Å². The van der Waals surface area contributed by atoms with E-state index in [9.17, 15) is 13.2 Å². The summed E-state index contributed by atoms with van der Waals surface area (Å²) in [6.07, 6.45) is 0. The van der Waals surface area contributed by atoms with Gasteiger partial charge in [0.25, 0.3) is 9.05 Å². The largest absolute Gasteiger partial charge is 0.481 e. The zero-order valence-electron chi connectivity index (χ0n) is 8.77. The zero-order chi connectivity index (χ0) is 12.6. The highest BCUT2D eigenvalue weighted by atomic mass is 35.7. The second-order valence-corrected chi connectivity index (χ2v) is 6.46. The summed E-state index contributed by atoms with van der Waals surface area (Å²) in [6, 6.07) is 5.48. The Hall–Kier alpha value is -1.07. The maximum absolute atomic E-state index is 11.0. The van der Waals surface area contributed by atoms with Crippen molar-refractivity contribution in [2.24, 2.45) is 0 Å². The number of carboxylic acid groups (broad SMARTS) is 1. The van der Waals surface area contributed by atoms with Gasteiger partial charge in [-0.25, -0.2) is 8.42 Å². The van der Waals surface area contributed by atoms with E-state index in [0.717, 1.165) is 0 Å². The molecule has 88 valence electrons. The van der Waals surface area contributed by atoms with E-state index in [1.807, 2.05) is 0 Å². The first-order valence-electron chi connectivity index (χ1n) is 4.44. The number of halogens is 1. The summed E-state index contributed by atoms with van der Waals surface area (Å²) in [5.41, 5.74) is -0.543. The number of hydrogen-bond acceptors (Lipinski definition) is 3. The van der Waals surface area contributed by atoms with E-state index >= 15 is 0 Å². The Bertz CT molecular complexity index is 502. The average molecular weight is 263 g/mol. The van der Waals surface area contributed by atoms with Crippen molar-refractivity contribution in [3.8, 4) is 0 Å². The summed E-state index contributed by atoms with van der Waals surface area (Å²) in [6.45, 7) is 3.08. The molecule has 0 saturated carbocycles. The number of carboxylic acids is 1. The third kappa shape index (κ3) is 2.54. The molecule has 0 unspecified atom stereocenters. The minimum atomic E-state index is -3.76. The van der Waals surface area contributed by atoms with Crippen LogP contribution in [0.2, 0.25) is 0 Å². The monoisotopic (exact) mass is 262 g/mol. The van der Waals surface area contributed by atoms with Crippen LogP contribution in [0, 0.1) is 0 Å². The first-order valence-corrected chi connectivity index (χ1v) is 6.75. The van der Waals surface area contributed by atoms with E-state index in [4.69, 9.17) is 15.8 Å². The Morgan fingerprint density at radius 3 is 2.00 bits per heavy atom. The lowest BCUT2D eigenvalue weighted by Crippen LogP contribution is -2.28. The van der Waals surface area contributed by atoms with Gasteiger partial charge in [0.1, 0.15) is 0 Å². The summed E-state index contributed by atoms with van der Waals surface area (Å²) in [5, 5.41) is 8.98. The second kappa shape index (κ2) is 4.07. The molecule has 0 aliphatic carbocycles. The summed E-state index contributed by atoms with van der Waals surface area (Å²) in [7, 11) is 1.38. The molecule has 0 aliphatic heterocycles. The molecular formula is C10H11ClO4S. The first kappa shape index (κ1) is 13.0. The standard InChI is InChI=1S/C10H11ClO4S/c1-10(2,9(12)13)7-3-5-8(6-4-7)16(11,14)15/h3-6H,1-2H3,(H,12,13). The van der Waals surface area contributed by atoms with Crippen LogP contribution in [-0.2, 0) is 19.3 Å². The third-order valence-electron chi connectivity index (χ3n) is 2.39. The van der Waals surface area contributed by atoms with Gasteiger partial charge in [-0.15, -0.1) is 0 Å². The van der Waals surface area contributed by atoms with Gasteiger partial charge in [-0.05, 0) is 31.5 Å². The molecular weight excluding hydrogens is 252 g/mol. The van der Waals surface area contributed by atoms with E-state index < -0.39 is 20.4 Å². The minimum absolute atomic E-state index is 0.0425. The Morgan fingerprint density at radius 2 is 1.69 bits per heavy atom. The van der Waals surface area contributed by atoms with Crippen LogP contribution in [0.4, 0.5) is 0 Å². The normalized spacial score (nSPS) is 12.4. The molecule has 0 heterocycles. The topological polar surface area (TPSA) is 71.4 Å². The van der Waals surface area contributed by atoms with Crippen LogP contribution in [0.1, 0.15) is 19.4 Å². The Balaban J connectivity index is 3.19. The lowest BCUT2D eigenvalue weighted by atomic mass is 9.85. The highest BCUT2D eigenvalue weighted by Gasteiger charge is 2.29. The van der Waals surface area contributed by atoms with Crippen molar-refractivity contribution >= 4 is 25.7 Å². The van der Waals surface area contributed by atoms with E-state index in [1.165, 1.54) is 24.3 Å². The fourth-order valence-electron chi connectivity index (χ4n) is 1.16. The predicted octanol–water partition coefficient (Wildman–Crippen LogP) is 1.98. The maximum Gasteiger partial charge on any atom is 0.313 e. The molecule has 0 aliphatic rings.